The molecule has 1 saturated heterocycles. The smallest absolute Gasteiger partial charge is 0.408 e. The summed E-state index contributed by atoms with van der Waals surface area (Å²) in [6.45, 7) is 11.5. The molecule has 2 aromatic heterocycles. The van der Waals surface area contributed by atoms with Gasteiger partial charge in [0, 0.05) is 34.9 Å². The van der Waals surface area contributed by atoms with Gasteiger partial charge in [0.1, 0.15) is 47.0 Å². The number of likely N-dealkylation sites (tertiary alicyclic amines) is 1. The van der Waals surface area contributed by atoms with E-state index in [0.717, 1.165) is 36.4 Å². The predicted octanol–water partition coefficient (Wildman–Crippen LogP) is 5.66. The van der Waals surface area contributed by atoms with E-state index in [-0.39, 0.29) is 25.1 Å². The van der Waals surface area contributed by atoms with Crippen molar-refractivity contribution in [1.82, 2.24) is 25.5 Å². The van der Waals surface area contributed by atoms with Crippen LogP contribution in [0.4, 0.5) is 9.93 Å². The summed E-state index contributed by atoms with van der Waals surface area (Å²) < 4.78 is 18.0. The molecule has 0 bridgehead atoms. The molecule has 3 fully saturated rings. The molecular formula is C38H50N6O8S. The summed E-state index contributed by atoms with van der Waals surface area (Å²) in [4.78, 5) is 64.7. The number of hydrogen-bond donors (Lipinski definition) is 4. The van der Waals surface area contributed by atoms with Crippen LogP contribution < -0.4 is 25.4 Å². The number of pyridine rings is 1. The molecule has 3 heterocycles. The highest BCUT2D eigenvalue weighted by Gasteiger charge is 2.54. The Morgan fingerprint density at radius 2 is 1.75 bits per heavy atom. The highest BCUT2D eigenvalue weighted by molar-refractivity contribution is 7.14. The van der Waals surface area contributed by atoms with Crippen LogP contribution in [0.5, 0.6) is 11.5 Å². The van der Waals surface area contributed by atoms with E-state index in [1.807, 2.05) is 65.1 Å². The number of aliphatic carboxylic acids is 1. The summed E-state index contributed by atoms with van der Waals surface area (Å²) in [7, 11) is 1.60. The molecule has 15 heteroatoms. The number of aromatic nitrogens is 2. The van der Waals surface area contributed by atoms with Gasteiger partial charge in [-0.05, 0) is 76.8 Å². The van der Waals surface area contributed by atoms with Crippen LogP contribution in [0.15, 0.2) is 23.6 Å². The van der Waals surface area contributed by atoms with Crippen LogP contribution in [-0.4, -0.2) is 93.4 Å². The van der Waals surface area contributed by atoms with Gasteiger partial charge in [0.05, 0.1) is 24.9 Å². The highest BCUT2D eigenvalue weighted by Crippen LogP contribution is 2.39. The number of amides is 3. The molecule has 2 aliphatic carbocycles. The fourth-order valence-corrected chi connectivity index (χ4v) is 7.90. The lowest BCUT2D eigenvalue weighted by molar-refractivity contribution is -0.146. The number of thiazole rings is 1. The zero-order valence-corrected chi connectivity index (χ0v) is 32.2. The molecule has 1 aliphatic heterocycles. The van der Waals surface area contributed by atoms with Gasteiger partial charge in [-0.3, -0.25) is 9.59 Å². The average molecular weight is 751 g/mol. The Balaban J connectivity index is 1.33. The number of aryl methyl sites for hydroxylation is 1. The van der Waals surface area contributed by atoms with Crippen molar-refractivity contribution in [2.24, 2.45) is 5.41 Å². The lowest BCUT2D eigenvalue weighted by atomic mass is 9.85. The van der Waals surface area contributed by atoms with Crippen LogP contribution in [0.1, 0.15) is 85.1 Å². The van der Waals surface area contributed by atoms with Crippen LogP contribution in [0, 0.1) is 12.3 Å². The highest BCUT2D eigenvalue weighted by atomic mass is 32.1. The first-order valence-corrected chi connectivity index (χ1v) is 19.2. The van der Waals surface area contributed by atoms with Crippen LogP contribution in [0.2, 0.25) is 0 Å². The van der Waals surface area contributed by atoms with Gasteiger partial charge in [-0.25, -0.2) is 19.6 Å². The number of ether oxygens (including phenoxy) is 3. The van der Waals surface area contributed by atoms with Gasteiger partial charge in [-0.1, -0.05) is 20.8 Å². The number of anilines is 1. The Hall–Kier alpha value is -4.66. The number of benzene rings is 1. The minimum atomic E-state index is -1.36. The number of hydrogen-bond acceptors (Lipinski definition) is 11. The number of nitrogens with one attached hydrogen (secondary N) is 3. The number of methoxy groups -OCH3 is 1. The van der Waals surface area contributed by atoms with Gasteiger partial charge in [0.15, 0.2) is 5.13 Å². The fourth-order valence-electron chi connectivity index (χ4n) is 7.05. The topological polar surface area (TPSA) is 181 Å². The van der Waals surface area contributed by atoms with Crippen LogP contribution in [0.3, 0.4) is 0 Å². The zero-order chi connectivity index (χ0) is 38.2. The standard InChI is InChI=1S/C38H50N6O8S/c1-20(2)39-35-41-26(19-53-35)25-17-29(24-12-13-28(50-7)21(3)30(24)40-25)51-23-16-27(32(45)43-38(14-15-38)34(47)48)44(18-23)33(46)31(37(4,5)6)42-36(49)52-22-10-8-9-11-22/h12-13,17,19-20,22-23,27,31H,8-11,14-16,18H2,1-7H3,(H,39,41)(H,42,49)(H,43,45)(H,47,48)/t23-,27?,31-/m1/s1. The van der Waals surface area contributed by atoms with Gasteiger partial charge in [-0.15, -0.1) is 11.3 Å². The predicted molar refractivity (Wildman–Crippen MR) is 200 cm³/mol. The van der Waals surface area contributed by atoms with E-state index in [1.165, 1.54) is 16.2 Å². The normalized spacial score (nSPS) is 20.3. The SMILES string of the molecule is COc1ccc2c(O[C@@H]3CC(C(=O)NC4(C(=O)O)CC4)N(C(=O)[C@@H](NC(=O)OC4CCCC4)C(C)(C)C)C3)cc(-c3csc(NC(C)C)n3)nc2c1C. The van der Waals surface area contributed by atoms with Crippen LogP contribution in [0.25, 0.3) is 22.3 Å². The van der Waals surface area contributed by atoms with Crippen LogP contribution in [-0.2, 0) is 19.1 Å². The average Bonchev–Trinajstić information content (AvgIpc) is 3.42. The van der Waals surface area contributed by atoms with Crippen molar-refractivity contribution in [2.75, 3.05) is 19.0 Å². The Bertz CT molecular complexity index is 1880. The van der Waals surface area contributed by atoms with Gasteiger partial charge in [0.25, 0.3) is 0 Å². The number of carboxylic acids is 1. The van der Waals surface area contributed by atoms with Crippen molar-refractivity contribution in [2.45, 2.75) is 122 Å². The second-order valence-electron chi connectivity index (χ2n) is 15.7. The van der Waals surface area contributed by atoms with Crippen molar-refractivity contribution >= 4 is 51.2 Å². The van der Waals surface area contributed by atoms with E-state index < -0.39 is 53.0 Å². The molecule has 6 rings (SSSR count). The molecule has 1 aromatic carbocycles. The quantitative estimate of drug-likeness (QED) is 0.179. The number of nitrogens with zero attached hydrogens (tertiary/aromatic N) is 3. The summed E-state index contributed by atoms with van der Waals surface area (Å²) in [5.41, 5.74) is 0.569. The molecule has 3 aromatic rings. The van der Waals surface area contributed by atoms with E-state index in [0.29, 0.717) is 46.6 Å². The Kier molecular flexibility index (Phi) is 10.8. The van der Waals surface area contributed by atoms with E-state index in [4.69, 9.17) is 24.2 Å². The molecule has 3 amide bonds. The molecule has 1 unspecified atom stereocenters. The number of carboxylic acid groups (broad SMARTS) is 1. The van der Waals surface area contributed by atoms with Crippen LogP contribution >= 0.6 is 11.3 Å². The van der Waals surface area contributed by atoms with E-state index in [9.17, 15) is 24.3 Å². The zero-order valence-electron chi connectivity index (χ0n) is 31.4. The third-order valence-corrected chi connectivity index (χ3v) is 10.9. The minimum absolute atomic E-state index is 0.0103. The largest absolute Gasteiger partial charge is 0.496 e. The summed E-state index contributed by atoms with van der Waals surface area (Å²) in [6.07, 6.45) is 2.63. The third kappa shape index (κ3) is 8.29. The number of alkyl carbamates (subject to hydrolysis) is 1. The van der Waals surface area contributed by atoms with E-state index >= 15 is 0 Å². The lowest BCUT2D eigenvalue weighted by Gasteiger charge is -2.35. The fraction of sp³-hybridized carbons (Fsp3) is 0.579. The van der Waals surface area contributed by atoms with Gasteiger partial charge in [-0.2, -0.15) is 0 Å². The molecule has 0 spiro atoms. The first-order valence-electron chi connectivity index (χ1n) is 18.3. The monoisotopic (exact) mass is 750 g/mol. The van der Waals surface area contributed by atoms with Gasteiger partial charge in [0.2, 0.25) is 11.8 Å². The Morgan fingerprint density at radius 1 is 1.04 bits per heavy atom. The molecule has 2 saturated carbocycles. The second-order valence-corrected chi connectivity index (χ2v) is 16.6. The molecule has 14 nitrogen and oxygen atoms in total. The van der Waals surface area contributed by atoms with Crippen molar-refractivity contribution in [3.8, 4) is 22.9 Å². The number of rotatable bonds is 12. The maximum Gasteiger partial charge on any atom is 0.408 e. The summed E-state index contributed by atoms with van der Waals surface area (Å²) in [5, 5.41) is 22.1. The van der Waals surface area contributed by atoms with Crippen molar-refractivity contribution < 1.29 is 38.5 Å². The molecule has 286 valence electrons. The maximum atomic E-state index is 14.5. The Morgan fingerprint density at radius 3 is 2.38 bits per heavy atom. The summed E-state index contributed by atoms with van der Waals surface area (Å²) in [6, 6.07) is 3.61. The molecule has 53 heavy (non-hydrogen) atoms. The summed E-state index contributed by atoms with van der Waals surface area (Å²) >= 11 is 1.47. The van der Waals surface area contributed by atoms with E-state index in [2.05, 4.69) is 16.0 Å². The third-order valence-electron chi connectivity index (χ3n) is 10.2. The number of fused-ring (bicyclic) bond motifs is 1. The minimum Gasteiger partial charge on any atom is -0.496 e. The second kappa shape index (κ2) is 15.0. The lowest BCUT2D eigenvalue weighted by Crippen LogP contribution is -2.59. The number of carbonyl (C=O) groups excluding carboxylic acids is 3. The summed E-state index contributed by atoms with van der Waals surface area (Å²) in [5.74, 6) is -1.05. The maximum absolute atomic E-state index is 14.5. The van der Waals surface area contributed by atoms with Gasteiger partial charge < -0.3 is 40.2 Å². The molecule has 3 atom stereocenters. The van der Waals surface area contributed by atoms with E-state index in [1.54, 1.807) is 7.11 Å². The van der Waals surface area contributed by atoms with Crippen molar-refractivity contribution in [3.05, 3.63) is 29.1 Å². The molecule has 0 radical (unpaired) electrons. The first kappa shape index (κ1) is 38.1. The molecule has 3 aliphatic rings. The number of carbonyl (C=O) groups is 4. The van der Waals surface area contributed by atoms with Gasteiger partial charge >= 0.3 is 12.1 Å². The Labute approximate surface area is 313 Å². The molecular weight excluding hydrogens is 701 g/mol. The first-order chi connectivity index (χ1) is 25.1. The van der Waals surface area contributed by atoms with Crippen molar-refractivity contribution in [3.63, 3.8) is 0 Å². The van der Waals surface area contributed by atoms with Crippen molar-refractivity contribution in [1.29, 1.82) is 0 Å². The molecule has 4 N–H and O–H groups in total.